The Labute approximate surface area is 116 Å². The number of rotatable bonds is 2. The molecule has 1 aliphatic heterocycles. The van der Waals surface area contributed by atoms with Gasteiger partial charge < -0.3 is 4.90 Å². The number of carbonyl (C=O) groups is 1. The number of hydrogen-bond donors (Lipinski definition) is 0. The fourth-order valence-electron chi connectivity index (χ4n) is 2.68. The van der Waals surface area contributed by atoms with Crippen molar-refractivity contribution in [3.63, 3.8) is 0 Å². The molecule has 1 aromatic rings. The summed E-state index contributed by atoms with van der Waals surface area (Å²) in [6.07, 6.45) is 2.18. The third-order valence-corrected chi connectivity index (χ3v) is 3.65. The van der Waals surface area contributed by atoms with Gasteiger partial charge in [-0.05, 0) is 41.9 Å². The van der Waals surface area contributed by atoms with Crippen molar-refractivity contribution in [3.8, 4) is 0 Å². The Bertz CT molecular complexity index is 441. The van der Waals surface area contributed by atoms with Crippen molar-refractivity contribution < 1.29 is 4.79 Å². The average Bonchev–Trinajstić information content (AvgIpc) is 2.74. The normalized spacial score (nSPS) is 19.8. The fraction of sp³-hybridized carbons (Fsp3) is 0.588. The van der Waals surface area contributed by atoms with Gasteiger partial charge in [-0.2, -0.15) is 0 Å². The van der Waals surface area contributed by atoms with E-state index in [2.05, 4.69) is 39.8 Å². The molecule has 19 heavy (non-hydrogen) atoms. The van der Waals surface area contributed by atoms with Crippen molar-refractivity contribution in [1.29, 1.82) is 0 Å². The summed E-state index contributed by atoms with van der Waals surface area (Å²) in [5.41, 5.74) is 2.42. The number of amides is 1. The molecule has 1 heterocycles. The van der Waals surface area contributed by atoms with E-state index in [1.165, 1.54) is 5.56 Å². The first-order chi connectivity index (χ1) is 8.85. The van der Waals surface area contributed by atoms with Crippen LogP contribution >= 0.6 is 0 Å². The van der Waals surface area contributed by atoms with Crippen LogP contribution < -0.4 is 0 Å². The lowest BCUT2D eigenvalue weighted by Crippen LogP contribution is -2.28. The number of likely N-dealkylation sites (tertiary alicyclic amines) is 1. The highest BCUT2D eigenvalue weighted by Crippen LogP contribution is 2.22. The van der Waals surface area contributed by atoms with Crippen molar-refractivity contribution >= 4 is 5.91 Å². The van der Waals surface area contributed by atoms with Crippen LogP contribution in [0.2, 0.25) is 0 Å². The van der Waals surface area contributed by atoms with Crippen LogP contribution in [0.1, 0.15) is 50.0 Å². The van der Waals surface area contributed by atoms with Crippen LogP contribution in [-0.2, 0) is 6.42 Å². The summed E-state index contributed by atoms with van der Waals surface area (Å²) in [7, 11) is 0. The lowest BCUT2D eigenvalue weighted by molar-refractivity contribution is 0.0788. The zero-order valence-corrected chi connectivity index (χ0v) is 12.6. The summed E-state index contributed by atoms with van der Waals surface area (Å²) in [6, 6.07) is 8.15. The molecule has 0 saturated carbocycles. The molecule has 0 aliphatic carbocycles. The molecule has 2 heteroatoms. The average molecular weight is 259 g/mol. The van der Waals surface area contributed by atoms with Crippen molar-refractivity contribution in [2.45, 2.75) is 40.5 Å². The molecule has 1 aromatic carbocycles. The molecule has 2 rings (SSSR count). The maximum atomic E-state index is 12.3. The van der Waals surface area contributed by atoms with E-state index < -0.39 is 0 Å². The maximum absolute atomic E-state index is 12.3. The number of nitrogens with zero attached hydrogens (tertiary/aromatic N) is 1. The SMILES string of the molecule is CC1CCN(C(=O)c2ccc(CC(C)(C)C)cc2)C1. The summed E-state index contributed by atoms with van der Waals surface area (Å²) in [5.74, 6) is 0.829. The number of hydrogen-bond acceptors (Lipinski definition) is 1. The zero-order chi connectivity index (χ0) is 14.0. The van der Waals surface area contributed by atoms with Gasteiger partial charge in [0.2, 0.25) is 0 Å². The highest BCUT2D eigenvalue weighted by atomic mass is 16.2. The first-order valence-electron chi connectivity index (χ1n) is 7.23. The van der Waals surface area contributed by atoms with Gasteiger partial charge in [-0.1, -0.05) is 39.8 Å². The fourth-order valence-corrected chi connectivity index (χ4v) is 2.68. The molecule has 0 aromatic heterocycles. The molecule has 0 spiro atoms. The topological polar surface area (TPSA) is 20.3 Å². The van der Waals surface area contributed by atoms with E-state index in [-0.39, 0.29) is 11.3 Å². The zero-order valence-electron chi connectivity index (χ0n) is 12.6. The van der Waals surface area contributed by atoms with Crippen LogP contribution in [0.25, 0.3) is 0 Å². The Hall–Kier alpha value is -1.31. The van der Waals surface area contributed by atoms with Gasteiger partial charge in [0.1, 0.15) is 0 Å². The van der Waals surface area contributed by atoms with Gasteiger partial charge in [-0.25, -0.2) is 0 Å². The smallest absolute Gasteiger partial charge is 0.253 e. The van der Waals surface area contributed by atoms with Crippen LogP contribution in [0.15, 0.2) is 24.3 Å². The van der Waals surface area contributed by atoms with Gasteiger partial charge in [-0.15, -0.1) is 0 Å². The van der Waals surface area contributed by atoms with Crippen molar-refractivity contribution in [2.24, 2.45) is 11.3 Å². The first-order valence-corrected chi connectivity index (χ1v) is 7.23. The van der Waals surface area contributed by atoms with Crippen LogP contribution in [0.3, 0.4) is 0 Å². The van der Waals surface area contributed by atoms with Gasteiger partial charge in [0, 0.05) is 18.7 Å². The Kier molecular flexibility index (Phi) is 3.98. The Morgan fingerprint density at radius 3 is 2.37 bits per heavy atom. The molecule has 0 radical (unpaired) electrons. The van der Waals surface area contributed by atoms with Crippen molar-refractivity contribution in [2.75, 3.05) is 13.1 Å². The summed E-state index contributed by atoms with van der Waals surface area (Å²) < 4.78 is 0. The van der Waals surface area contributed by atoms with Crippen LogP contribution in [0.4, 0.5) is 0 Å². The molecule has 104 valence electrons. The minimum Gasteiger partial charge on any atom is -0.338 e. The van der Waals surface area contributed by atoms with Gasteiger partial charge in [0.15, 0.2) is 0 Å². The second-order valence-corrected chi connectivity index (χ2v) is 7.08. The second kappa shape index (κ2) is 5.36. The van der Waals surface area contributed by atoms with E-state index in [1.807, 2.05) is 17.0 Å². The highest BCUT2D eigenvalue weighted by Gasteiger charge is 2.24. The molecular weight excluding hydrogens is 234 g/mol. The molecule has 1 fully saturated rings. The molecule has 1 aliphatic rings. The monoisotopic (exact) mass is 259 g/mol. The van der Waals surface area contributed by atoms with E-state index >= 15 is 0 Å². The summed E-state index contributed by atoms with van der Waals surface area (Å²) >= 11 is 0. The van der Waals surface area contributed by atoms with Crippen LogP contribution in [0.5, 0.6) is 0 Å². The predicted octanol–water partition coefficient (Wildman–Crippen LogP) is 3.76. The standard InChI is InChI=1S/C17H25NO/c1-13-9-10-18(12-13)16(19)15-7-5-14(6-8-15)11-17(2,3)4/h5-8,13H,9-12H2,1-4H3. The Balaban J connectivity index is 2.04. The minimum atomic E-state index is 0.187. The van der Waals surface area contributed by atoms with E-state index in [1.54, 1.807) is 0 Å². The van der Waals surface area contributed by atoms with Gasteiger partial charge in [0.05, 0.1) is 0 Å². The Morgan fingerprint density at radius 1 is 1.26 bits per heavy atom. The predicted molar refractivity (Wildman–Crippen MR) is 79.3 cm³/mol. The summed E-state index contributed by atoms with van der Waals surface area (Å²) in [5, 5.41) is 0. The number of carbonyl (C=O) groups excluding carboxylic acids is 1. The largest absolute Gasteiger partial charge is 0.338 e. The lowest BCUT2D eigenvalue weighted by atomic mass is 9.88. The Morgan fingerprint density at radius 2 is 1.89 bits per heavy atom. The quantitative estimate of drug-likeness (QED) is 0.792. The maximum Gasteiger partial charge on any atom is 0.253 e. The van der Waals surface area contributed by atoms with Crippen LogP contribution in [-0.4, -0.2) is 23.9 Å². The van der Waals surface area contributed by atoms with Crippen molar-refractivity contribution in [1.82, 2.24) is 4.90 Å². The molecule has 1 unspecified atom stereocenters. The molecule has 1 amide bonds. The summed E-state index contributed by atoms with van der Waals surface area (Å²) in [4.78, 5) is 14.3. The third kappa shape index (κ3) is 3.82. The first kappa shape index (κ1) is 14.1. The molecule has 0 N–H and O–H groups in total. The van der Waals surface area contributed by atoms with Crippen LogP contribution in [0, 0.1) is 11.3 Å². The van der Waals surface area contributed by atoms with Gasteiger partial charge >= 0.3 is 0 Å². The second-order valence-electron chi connectivity index (χ2n) is 7.08. The minimum absolute atomic E-state index is 0.187. The van der Waals surface area contributed by atoms with E-state index in [9.17, 15) is 4.79 Å². The molecular formula is C17H25NO. The molecule has 1 saturated heterocycles. The van der Waals surface area contributed by atoms with E-state index in [0.717, 1.165) is 31.5 Å². The summed E-state index contributed by atoms with van der Waals surface area (Å²) in [6.45, 7) is 10.7. The molecule has 1 atom stereocenters. The van der Waals surface area contributed by atoms with E-state index in [4.69, 9.17) is 0 Å². The lowest BCUT2D eigenvalue weighted by Gasteiger charge is -2.19. The molecule has 2 nitrogen and oxygen atoms in total. The van der Waals surface area contributed by atoms with E-state index in [0.29, 0.717) is 5.92 Å². The third-order valence-electron chi connectivity index (χ3n) is 3.65. The van der Waals surface area contributed by atoms with Crippen molar-refractivity contribution in [3.05, 3.63) is 35.4 Å². The molecule has 0 bridgehead atoms. The van der Waals surface area contributed by atoms with Gasteiger partial charge in [0.25, 0.3) is 5.91 Å². The van der Waals surface area contributed by atoms with Gasteiger partial charge in [-0.3, -0.25) is 4.79 Å². The number of benzene rings is 1. The highest BCUT2D eigenvalue weighted by molar-refractivity contribution is 5.94.